The lowest BCUT2D eigenvalue weighted by molar-refractivity contribution is -0.121. The molecule has 4 rings (SSSR count). The number of nitrogens with zero attached hydrogens (tertiary/aromatic N) is 1. The zero-order valence-corrected chi connectivity index (χ0v) is 16.9. The van der Waals surface area contributed by atoms with E-state index in [-0.39, 0.29) is 12.0 Å². The molecule has 0 bridgehead atoms. The lowest BCUT2D eigenvalue weighted by atomic mass is 10.0. The summed E-state index contributed by atoms with van der Waals surface area (Å²) in [5, 5.41) is 3.03. The summed E-state index contributed by atoms with van der Waals surface area (Å²) < 4.78 is 6.22. The Morgan fingerprint density at radius 2 is 1.93 bits per heavy atom. The van der Waals surface area contributed by atoms with Crippen LogP contribution in [0.2, 0.25) is 0 Å². The largest absolute Gasteiger partial charge is 0.487 e. The molecule has 1 aliphatic rings. The van der Waals surface area contributed by atoms with Crippen molar-refractivity contribution in [2.24, 2.45) is 0 Å². The first kappa shape index (κ1) is 19.2. The van der Waals surface area contributed by atoms with Crippen molar-refractivity contribution in [3.63, 3.8) is 0 Å². The van der Waals surface area contributed by atoms with E-state index in [1.165, 1.54) is 16.7 Å². The van der Waals surface area contributed by atoms with Gasteiger partial charge in [0.1, 0.15) is 11.9 Å². The Morgan fingerprint density at radius 3 is 2.72 bits per heavy atom. The van der Waals surface area contributed by atoms with Gasteiger partial charge in [0, 0.05) is 24.6 Å². The van der Waals surface area contributed by atoms with Gasteiger partial charge in [0.2, 0.25) is 5.91 Å². The van der Waals surface area contributed by atoms with Gasteiger partial charge in [-0.2, -0.15) is 0 Å². The van der Waals surface area contributed by atoms with E-state index in [0.717, 1.165) is 35.4 Å². The monoisotopic (exact) mass is 386 g/mol. The van der Waals surface area contributed by atoms with E-state index in [2.05, 4.69) is 66.6 Å². The van der Waals surface area contributed by atoms with Crippen molar-refractivity contribution in [2.45, 2.75) is 39.2 Å². The quantitative estimate of drug-likeness (QED) is 0.682. The predicted octanol–water partition coefficient (Wildman–Crippen LogP) is 4.42. The van der Waals surface area contributed by atoms with Gasteiger partial charge in [0.15, 0.2) is 0 Å². The Labute approximate surface area is 172 Å². The summed E-state index contributed by atoms with van der Waals surface area (Å²) >= 11 is 0. The summed E-state index contributed by atoms with van der Waals surface area (Å²) in [4.78, 5) is 16.8. The van der Waals surface area contributed by atoms with Crippen molar-refractivity contribution in [1.29, 1.82) is 0 Å². The van der Waals surface area contributed by atoms with Crippen molar-refractivity contribution in [1.82, 2.24) is 10.3 Å². The second-order valence-electron chi connectivity index (χ2n) is 7.70. The maximum absolute atomic E-state index is 12.3. The van der Waals surface area contributed by atoms with Gasteiger partial charge in [0.25, 0.3) is 0 Å². The Balaban J connectivity index is 1.34. The molecule has 3 aromatic rings. The molecule has 2 heterocycles. The molecule has 1 atom stereocenters. The molecular formula is C25H26N2O2. The topological polar surface area (TPSA) is 51.2 Å². The molecule has 148 valence electrons. The lowest BCUT2D eigenvalue weighted by Gasteiger charge is -2.14. The number of carbonyl (C=O) groups is 1. The second-order valence-corrected chi connectivity index (χ2v) is 7.70. The molecule has 4 heteroatoms. The predicted molar refractivity (Wildman–Crippen MR) is 115 cm³/mol. The Morgan fingerprint density at radius 1 is 1.10 bits per heavy atom. The highest BCUT2D eigenvalue weighted by molar-refractivity contribution is 5.76. The van der Waals surface area contributed by atoms with Crippen LogP contribution in [0.4, 0.5) is 0 Å². The molecule has 0 spiro atoms. The number of nitrogens with one attached hydrogen (secondary N) is 1. The first-order valence-electron chi connectivity index (χ1n) is 10.1. The van der Waals surface area contributed by atoms with Gasteiger partial charge >= 0.3 is 0 Å². The van der Waals surface area contributed by atoms with Crippen LogP contribution in [0, 0.1) is 13.8 Å². The number of hydrogen-bond donors (Lipinski definition) is 1. The van der Waals surface area contributed by atoms with Crippen LogP contribution in [0.5, 0.6) is 5.75 Å². The average Bonchev–Trinajstić information content (AvgIpc) is 3.15. The fourth-order valence-corrected chi connectivity index (χ4v) is 3.74. The van der Waals surface area contributed by atoms with Crippen LogP contribution in [0.3, 0.4) is 0 Å². The number of amides is 1. The summed E-state index contributed by atoms with van der Waals surface area (Å²) in [6.45, 7) is 4.64. The van der Waals surface area contributed by atoms with Crippen molar-refractivity contribution in [2.75, 3.05) is 6.54 Å². The minimum Gasteiger partial charge on any atom is -0.487 e. The lowest BCUT2D eigenvalue weighted by Crippen LogP contribution is -2.34. The van der Waals surface area contributed by atoms with Crippen LogP contribution in [-0.2, 0) is 17.6 Å². The van der Waals surface area contributed by atoms with E-state index in [4.69, 9.17) is 4.74 Å². The van der Waals surface area contributed by atoms with Crippen LogP contribution in [0.25, 0.3) is 11.3 Å². The molecule has 1 aromatic heterocycles. The normalized spacial score (nSPS) is 14.9. The molecule has 29 heavy (non-hydrogen) atoms. The van der Waals surface area contributed by atoms with Crippen molar-refractivity contribution in [3.8, 4) is 17.0 Å². The van der Waals surface area contributed by atoms with Crippen molar-refractivity contribution < 1.29 is 9.53 Å². The third kappa shape index (κ3) is 4.48. The molecule has 0 aliphatic carbocycles. The fraction of sp³-hybridized carbons (Fsp3) is 0.280. The van der Waals surface area contributed by atoms with Crippen LogP contribution >= 0.6 is 0 Å². The van der Waals surface area contributed by atoms with Crippen LogP contribution in [-0.4, -0.2) is 23.5 Å². The van der Waals surface area contributed by atoms with Gasteiger partial charge in [-0.25, -0.2) is 0 Å². The number of pyridine rings is 1. The number of ether oxygens (including phenoxy) is 1. The standard InChI is InChI=1S/C25H26N2O2/c1-17-8-10-19(11-9-17)12-13-23(28)27-16-21-15-20-6-3-7-22(25(20)29-21)24-18(2)5-4-14-26-24/h3-11,14,21H,12-13,15-16H2,1-2H3,(H,27,28)/t21-/m0/s1. The van der Waals surface area contributed by atoms with E-state index in [0.29, 0.717) is 13.0 Å². The van der Waals surface area contributed by atoms with Crippen molar-refractivity contribution in [3.05, 3.63) is 83.0 Å². The second kappa shape index (κ2) is 8.48. The van der Waals surface area contributed by atoms with Gasteiger partial charge in [-0.3, -0.25) is 9.78 Å². The van der Waals surface area contributed by atoms with Crippen LogP contribution in [0.1, 0.15) is 28.7 Å². The molecule has 0 saturated carbocycles. The van der Waals surface area contributed by atoms with Gasteiger partial charge in [-0.1, -0.05) is 48.0 Å². The zero-order valence-electron chi connectivity index (χ0n) is 16.9. The average molecular weight is 386 g/mol. The number of para-hydroxylation sites is 1. The van der Waals surface area contributed by atoms with E-state index >= 15 is 0 Å². The van der Waals surface area contributed by atoms with Gasteiger partial charge in [0.05, 0.1) is 12.2 Å². The third-order valence-corrected chi connectivity index (χ3v) is 5.38. The fourth-order valence-electron chi connectivity index (χ4n) is 3.74. The molecule has 2 aromatic carbocycles. The number of aryl methyl sites for hydroxylation is 3. The maximum Gasteiger partial charge on any atom is 0.220 e. The van der Waals surface area contributed by atoms with E-state index in [1.807, 2.05) is 18.3 Å². The highest BCUT2D eigenvalue weighted by Crippen LogP contribution is 2.38. The summed E-state index contributed by atoms with van der Waals surface area (Å²) in [6.07, 6.45) is 3.80. The van der Waals surface area contributed by atoms with Crippen LogP contribution < -0.4 is 10.1 Å². The number of aromatic nitrogens is 1. The molecule has 1 N–H and O–H groups in total. The Hall–Kier alpha value is -3.14. The Bertz CT molecular complexity index is 1010. The van der Waals surface area contributed by atoms with Crippen LogP contribution in [0.15, 0.2) is 60.8 Å². The molecular weight excluding hydrogens is 360 g/mol. The number of carbonyl (C=O) groups excluding carboxylic acids is 1. The SMILES string of the molecule is Cc1ccc(CCC(=O)NC[C@@H]2Cc3cccc(-c4ncccc4C)c3O2)cc1. The smallest absolute Gasteiger partial charge is 0.220 e. The zero-order chi connectivity index (χ0) is 20.2. The van der Waals surface area contributed by atoms with Gasteiger partial charge in [-0.15, -0.1) is 0 Å². The molecule has 0 unspecified atom stereocenters. The molecule has 4 nitrogen and oxygen atoms in total. The molecule has 0 fully saturated rings. The number of rotatable bonds is 6. The van der Waals surface area contributed by atoms with E-state index in [1.54, 1.807) is 0 Å². The molecule has 1 amide bonds. The van der Waals surface area contributed by atoms with E-state index in [9.17, 15) is 4.79 Å². The molecule has 0 radical (unpaired) electrons. The number of benzene rings is 2. The van der Waals surface area contributed by atoms with Gasteiger partial charge in [-0.05, 0) is 49.1 Å². The Kier molecular flexibility index (Phi) is 5.61. The summed E-state index contributed by atoms with van der Waals surface area (Å²) in [5.41, 5.74) is 6.69. The minimum atomic E-state index is -0.0431. The number of fused-ring (bicyclic) bond motifs is 1. The first-order valence-corrected chi connectivity index (χ1v) is 10.1. The third-order valence-electron chi connectivity index (χ3n) is 5.38. The summed E-state index contributed by atoms with van der Waals surface area (Å²) in [6, 6.07) is 18.5. The highest BCUT2D eigenvalue weighted by atomic mass is 16.5. The summed E-state index contributed by atoms with van der Waals surface area (Å²) in [7, 11) is 0. The number of hydrogen-bond acceptors (Lipinski definition) is 3. The van der Waals surface area contributed by atoms with Gasteiger partial charge < -0.3 is 10.1 Å². The highest BCUT2D eigenvalue weighted by Gasteiger charge is 2.26. The van der Waals surface area contributed by atoms with Crippen molar-refractivity contribution >= 4 is 5.91 Å². The first-order chi connectivity index (χ1) is 14.1. The minimum absolute atomic E-state index is 0.0431. The summed E-state index contributed by atoms with van der Waals surface area (Å²) in [5.74, 6) is 0.958. The molecule has 0 saturated heterocycles. The maximum atomic E-state index is 12.3. The molecule has 1 aliphatic heterocycles. The van der Waals surface area contributed by atoms with E-state index < -0.39 is 0 Å².